The summed E-state index contributed by atoms with van der Waals surface area (Å²) in [4.78, 5) is 30.3. The Balaban J connectivity index is 1.62. The molecule has 146 valence electrons. The quantitative estimate of drug-likeness (QED) is 0.210. The van der Waals surface area contributed by atoms with E-state index in [1.54, 1.807) is 12.1 Å². The summed E-state index contributed by atoms with van der Waals surface area (Å²) in [6.07, 6.45) is 0. The highest BCUT2D eigenvalue weighted by atomic mass is 35.5. The molecule has 4 rings (SSSR count). The van der Waals surface area contributed by atoms with Crippen LogP contribution < -0.4 is 11.4 Å². The van der Waals surface area contributed by atoms with Crippen LogP contribution in [0.5, 0.6) is 0 Å². The van der Waals surface area contributed by atoms with Gasteiger partial charge in [-0.25, -0.2) is 14.1 Å². The van der Waals surface area contributed by atoms with Crippen molar-refractivity contribution in [3.63, 3.8) is 0 Å². The second kappa shape index (κ2) is 7.98. The van der Waals surface area contributed by atoms with Crippen LogP contribution in [0.2, 0.25) is 5.02 Å². The van der Waals surface area contributed by atoms with Crippen molar-refractivity contribution >= 4 is 50.7 Å². The predicted molar refractivity (Wildman–Crippen MR) is 116 cm³/mol. The number of carbonyl (C=O) groups excluding carboxylic acids is 1. The van der Waals surface area contributed by atoms with Crippen LogP contribution in [-0.4, -0.2) is 21.2 Å². The summed E-state index contributed by atoms with van der Waals surface area (Å²) in [6.45, 7) is 0. The SMILES string of the molecule is Nn1c(SCC(=O)c2ccc(F)cc2)nc2cc(-c3ccc(Cl)cc3)sc2c1=O. The molecule has 2 aromatic carbocycles. The number of hydrogen-bond acceptors (Lipinski definition) is 6. The van der Waals surface area contributed by atoms with E-state index in [0.717, 1.165) is 26.9 Å². The van der Waals surface area contributed by atoms with Crippen LogP contribution in [0.3, 0.4) is 0 Å². The molecule has 0 saturated heterocycles. The highest BCUT2D eigenvalue weighted by Crippen LogP contribution is 2.32. The van der Waals surface area contributed by atoms with Crippen molar-refractivity contribution in [3.05, 3.63) is 81.4 Å². The predicted octanol–water partition coefficient (Wildman–Crippen LogP) is 4.61. The van der Waals surface area contributed by atoms with Crippen LogP contribution in [0.25, 0.3) is 20.7 Å². The lowest BCUT2D eigenvalue weighted by molar-refractivity contribution is 0.102. The molecule has 0 amide bonds. The molecular formula is C20H13ClFN3O2S2. The third-order valence-electron chi connectivity index (χ3n) is 4.17. The van der Waals surface area contributed by atoms with E-state index in [0.29, 0.717) is 20.8 Å². The minimum atomic E-state index is -0.411. The number of rotatable bonds is 5. The summed E-state index contributed by atoms with van der Waals surface area (Å²) in [6, 6.07) is 14.4. The second-order valence-electron chi connectivity index (χ2n) is 6.12. The molecular weight excluding hydrogens is 433 g/mol. The number of halogens is 2. The van der Waals surface area contributed by atoms with Gasteiger partial charge in [0.05, 0.1) is 11.3 Å². The molecule has 0 fully saturated rings. The number of fused-ring (bicyclic) bond motifs is 1. The normalized spacial score (nSPS) is 11.1. The maximum Gasteiger partial charge on any atom is 0.290 e. The number of thioether (sulfide) groups is 1. The smallest absolute Gasteiger partial charge is 0.290 e. The number of nitrogen functional groups attached to an aromatic ring is 1. The van der Waals surface area contributed by atoms with E-state index in [9.17, 15) is 14.0 Å². The van der Waals surface area contributed by atoms with Gasteiger partial charge in [0, 0.05) is 15.5 Å². The van der Waals surface area contributed by atoms with Gasteiger partial charge in [0.15, 0.2) is 10.9 Å². The first-order valence-electron chi connectivity index (χ1n) is 8.41. The maximum atomic E-state index is 13.0. The fourth-order valence-corrected chi connectivity index (χ4v) is 4.66. The van der Waals surface area contributed by atoms with Gasteiger partial charge in [0.1, 0.15) is 10.5 Å². The maximum absolute atomic E-state index is 13.0. The Morgan fingerprint density at radius 1 is 1.17 bits per heavy atom. The van der Waals surface area contributed by atoms with Crippen molar-refractivity contribution < 1.29 is 9.18 Å². The number of carbonyl (C=O) groups is 1. The Bertz CT molecular complexity index is 1270. The van der Waals surface area contributed by atoms with Gasteiger partial charge in [-0.2, -0.15) is 0 Å². The first-order chi connectivity index (χ1) is 13.9. The summed E-state index contributed by atoms with van der Waals surface area (Å²) in [5.41, 5.74) is 1.44. The van der Waals surface area contributed by atoms with Crippen molar-refractivity contribution in [2.45, 2.75) is 5.16 Å². The number of aromatic nitrogens is 2. The van der Waals surface area contributed by atoms with Gasteiger partial charge >= 0.3 is 0 Å². The van der Waals surface area contributed by atoms with E-state index in [1.165, 1.54) is 35.6 Å². The fraction of sp³-hybridized carbons (Fsp3) is 0.0500. The molecule has 0 radical (unpaired) electrons. The van der Waals surface area contributed by atoms with Gasteiger partial charge in [-0.3, -0.25) is 9.59 Å². The average Bonchev–Trinajstić information content (AvgIpc) is 3.14. The third kappa shape index (κ3) is 4.05. The standard InChI is InChI=1S/C20H13ClFN3O2S2/c21-13-5-1-12(2-6-13)17-9-15-18(29-17)19(27)25(23)20(24-15)28-10-16(26)11-3-7-14(22)8-4-11/h1-9H,10,23H2. The molecule has 0 atom stereocenters. The van der Waals surface area contributed by atoms with E-state index in [4.69, 9.17) is 17.4 Å². The summed E-state index contributed by atoms with van der Waals surface area (Å²) >= 11 is 8.29. The lowest BCUT2D eigenvalue weighted by Crippen LogP contribution is -2.29. The van der Waals surface area contributed by atoms with Crippen molar-refractivity contribution in [1.29, 1.82) is 0 Å². The van der Waals surface area contributed by atoms with Gasteiger partial charge in [-0.05, 0) is 48.0 Å². The van der Waals surface area contributed by atoms with Crippen LogP contribution in [0.4, 0.5) is 4.39 Å². The number of nitrogens with two attached hydrogens (primary N) is 1. The molecule has 0 spiro atoms. The van der Waals surface area contributed by atoms with E-state index < -0.39 is 5.82 Å². The summed E-state index contributed by atoms with van der Waals surface area (Å²) < 4.78 is 14.4. The Hall–Kier alpha value is -2.68. The van der Waals surface area contributed by atoms with Crippen molar-refractivity contribution in [2.75, 3.05) is 11.6 Å². The summed E-state index contributed by atoms with van der Waals surface area (Å²) in [5, 5.41) is 0.861. The number of nitrogens with zero attached hydrogens (tertiary/aromatic N) is 2. The number of ketones is 1. The molecule has 2 N–H and O–H groups in total. The van der Waals surface area contributed by atoms with E-state index >= 15 is 0 Å². The third-order valence-corrected chi connectivity index (χ3v) is 6.54. The molecule has 0 unspecified atom stereocenters. The number of benzene rings is 2. The summed E-state index contributed by atoms with van der Waals surface area (Å²) in [7, 11) is 0. The average molecular weight is 446 g/mol. The first kappa shape index (κ1) is 19.6. The topological polar surface area (TPSA) is 78.0 Å². The Morgan fingerprint density at radius 2 is 1.86 bits per heavy atom. The molecule has 4 aromatic rings. The van der Waals surface area contributed by atoms with Crippen LogP contribution in [0, 0.1) is 5.82 Å². The number of Topliss-reactive ketones (excluding diaryl/α,β-unsaturated/α-hetero) is 1. The molecule has 9 heteroatoms. The molecule has 0 aliphatic rings. The largest absolute Gasteiger partial charge is 0.334 e. The van der Waals surface area contributed by atoms with Gasteiger partial charge in [0.2, 0.25) is 0 Å². The minimum Gasteiger partial charge on any atom is -0.334 e. The molecule has 0 bridgehead atoms. The van der Waals surface area contributed by atoms with Crippen molar-refractivity contribution in [1.82, 2.24) is 9.66 Å². The zero-order chi connectivity index (χ0) is 20.5. The van der Waals surface area contributed by atoms with Gasteiger partial charge in [-0.15, -0.1) is 11.3 Å². The second-order valence-corrected chi connectivity index (χ2v) is 8.55. The molecule has 0 aliphatic carbocycles. The van der Waals surface area contributed by atoms with Crippen molar-refractivity contribution in [2.24, 2.45) is 0 Å². The molecule has 0 saturated carbocycles. The van der Waals surface area contributed by atoms with Crippen LogP contribution in [-0.2, 0) is 0 Å². The van der Waals surface area contributed by atoms with Gasteiger partial charge in [0.25, 0.3) is 5.56 Å². The van der Waals surface area contributed by atoms with Crippen LogP contribution in [0.1, 0.15) is 10.4 Å². The highest BCUT2D eigenvalue weighted by molar-refractivity contribution is 7.99. The number of thiophene rings is 1. The van der Waals surface area contributed by atoms with E-state index in [2.05, 4.69) is 4.98 Å². The lowest BCUT2D eigenvalue weighted by Gasteiger charge is -2.06. The zero-order valence-electron chi connectivity index (χ0n) is 14.8. The minimum absolute atomic E-state index is 0.0228. The highest BCUT2D eigenvalue weighted by Gasteiger charge is 2.16. The lowest BCUT2D eigenvalue weighted by atomic mass is 10.1. The summed E-state index contributed by atoms with van der Waals surface area (Å²) in [5.74, 6) is 5.31. The zero-order valence-corrected chi connectivity index (χ0v) is 17.2. The van der Waals surface area contributed by atoms with Gasteiger partial charge < -0.3 is 5.84 Å². The molecule has 2 heterocycles. The Kier molecular flexibility index (Phi) is 5.40. The monoisotopic (exact) mass is 445 g/mol. The van der Waals surface area contributed by atoms with Crippen LogP contribution >= 0.6 is 34.7 Å². The molecule has 0 aliphatic heterocycles. The first-order valence-corrected chi connectivity index (χ1v) is 10.6. The Labute approximate surface area is 177 Å². The Morgan fingerprint density at radius 3 is 2.55 bits per heavy atom. The van der Waals surface area contributed by atoms with Gasteiger partial charge in [-0.1, -0.05) is 35.5 Å². The number of hydrogen-bond donors (Lipinski definition) is 1. The molecule has 5 nitrogen and oxygen atoms in total. The van der Waals surface area contributed by atoms with Crippen LogP contribution in [0.15, 0.2) is 64.5 Å². The molecule has 2 aromatic heterocycles. The molecule has 29 heavy (non-hydrogen) atoms. The van der Waals surface area contributed by atoms with E-state index in [1.807, 2.05) is 18.2 Å². The van der Waals surface area contributed by atoms with E-state index in [-0.39, 0.29) is 22.3 Å². The fourth-order valence-electron chi connectivity index (χ4n) is 2.68. The van der Waals surface area contributed by atoms with Crippen molar-refractivity contribution in [3.8, 4) is 10.4 Å².